The van der Waals surface area contributed by atoms with Crippen LogP contribution in [0.15, 0.2) is 48.5 Å². The largest absolute Gasteiger partial charge is 0.132 e. The molecule has 2 aromatic rings. The molecule has 0 amide bonds. The molecule has 0 heterocycles. The minimum absolute atomic E-state index is 0.497. The van der Waals surface area contributed by atoms with Crippen molar-refractivity contribution in [2.45, 2.75) is 23.5 Å². The lowest BCUT2D eigenvalue weighted by atomic mass is 10.2. The second-order valence-electron chi connectivity index (χ2n) is 4.42. The van der Waals surface area contributed by atoms with Crippen LogP contribution in [0.3, 0.4) is 0 Å². The summed E-state index contributed by atoms with van der Waals surface area (Å²) in [5.74, 6) is 0. The lowest BCUT2D eigenvalue weighted by molar-refractivity contribution is 1.28. The quantitative estimate of drug-likeness (QED) is 0.428. The van der Waals surface area contributed by atoms with Crippen LogP contribution < -0.4 is 0 Å². The fourth-order valence-corrected chi connectivity index (χ4v) is 2.01. The molecule has 0 saturated heterocycles. The molecule has 0 aliphatic rings. The van der Waals surface area contributed by atoms with Gasteiger partial charge in [-0.3, -0.25) is 0 Å². The molecule has 0 unspecified atom stereocenters. The maximum absolute atomic E-state index is 5.63. The first-order valence-corrected chi connectivity index (χ1v) is 9.12. The van der Waals surface area contributed by atoms with Crippen LogP contribution in [-0.2, 0) is 0 Å². The molecule has 0 aliphatic carbocycles. The number of aryl methyl sites for hydroxylation is 2. The maximum Gasteiger partial charge on any atom is 0.132 e. The second kappa shape index (κ2) is 12.6. The van der Waals surface area contributed by atoms with Gasteiger partial charge in [-0.1, -0.05) is 59.7 Å². The first-order chi connectivity index (χ1) is 10.4. The summed E-state index contributed by atoms with van der Waals surface area (Å²) in [7, 11) is 8.22. The van der Waals surface area contributed by atoms with Crippen molar-refractivity contribution in [1.29, 1.82) is 0 Å². The van der Waals surface area contributed by atoms with Crippen molar-refractivity contribution in [2.75, 3.05) is 0 Å². The van der Waals surface area contributed by atoms with Gasteiger partial charge in [0, 0.05) is 21.7 Å². The van der Waals surface area contributed by atoms with E-state index in [1.54, 1.807) is 24.3 Å². The fraction of sp³-hybridized carbons (Fsp3) is 0.250. The van der Waals surface area contributed by atoms with Gasteiger partial charge in [0.2, 0.25) is 0 Å². The van der Waals surface area contributed by atoms with Crippen molar-refractivity contribution in [1.82, 2.24) is 0 Å². The molecule has 0 atom stereocenters. The zero-order chi connectivity index (χ0) is 17.1. The Morgan fingerprint density at radius 2 is 0.773 bits per heavy atom. The lowest BCUT2D eigenvalue weighted by Crippen LogP contribution is -1.84. The molecule has 22 heavy (non-hydrogen) atoms. The van der Waals surface area contributed by atoms with Crippen LogP contribution in [0, 0.1) is 13.8 Å². The molecule has 0 aliphatic heterocycles. The van der Waals surface area contributed by atoms with E-state index in [9.17, 15) is 0 Å². The smallest absolute Gasteiger partial charge is 0.100 e. The first kappa shape index (κ1) is 22.2. The minimum Gasteiger partial charge on any atom is -0.100 e. The van der Waals surface area contributed by atoms with Gasteiger partial charge in [0.15, 0.2) is 0 Å². The van der Waals surface area contributed by atoms with E-state index in [1.807, 2.05) is 0 Å². The Morgan fingerprint density at radius 1 is 0.545 bits per heavy atom. The number of hydrogen-bond acceptors (Lipinski definition) is 0. The maximum atomic E-state index is 5.63. The van der Waals surface area contributed by atoms with E-state index in [-0.39, 0.29) is 0 Å². The molecule has 0 spiro atoms. The van der Waals surface area contributed by atoms with E-state index in [0.717, 1.165) is 11.1 Å². The van der Waals surface area contributed by atoms with Crippen LogP contribution in [0.25, 0.3) is 0 Å². The summed E-state index contributed by atoms with van der Waals surface area (Å²) in [5, 5.41) is 0. The highest BCUT2D eigenvalue weighted by atomic mass is 36.5. The molecule has 0 bridgehead atoms. The van der Waals surface area contributed by atoms with Gasteiger partial charge in [-0.15, -0.1) is 46.4 Å². The molecule has 0 N–H and O–H groups in total. The van der Waals surface area contributed by atoms with Crippen LogP contribution in [0.4, 0.5) is 0 Å². The first-order valence-electron chi connectivity index (χ1n) is 6.24. The Morgan fingerprint density at radius 3 is 0.955 bits per heavy atom. The van der Waals surface area contributed by atoms with E-state index in [1.165, 1.54) is 11.1 Å². The summed E-state index contributed by atoms with van der Waals surface area (Å²) < 4.78 is 0. The molecule has 0 nitrogen and oxygen atoms in total. The van der Waals surface area contributed by atoms with E-state index >= 15 is 0 Å². The average Bonchev–Trinajstić information content (AvgIpc) is 2.53. The Labute approximate surface area is 161 Å². The van der Waals surface area contributed by atoms with Gasteiger partial charge < -0.3 is 0 Å². The normalized spacial score (nSPS) is 9.73. The molecule has 0 fully saturated rings. The van der Waals surface area contributed by atoms with Crippen molar-refractivity contribution < 1.29 is 0 Å². The minimum atomic E-state index is -0.497. The van der Waals surface area contributed by atoms with Gasteiger partial charge >= 0.3 is 0 Å². The van der Waals surface area contributed by atoms with Crippen molar-refractivity contribution in [2.24, 2.45) is 0 Å². The molecule has 6 heteroatoms. The third-order valence-corrected chi connectivity index (χ3v) is 3.67. The SMILES string of the molecule is Cc1ccc(C)cc1.ClC(Cl)c1ccc(C(Cl)Cl)cc1.ClCl. The van der Waals surface area contributed by atoms with Gasteiger partial charge in [0.05, 0.1) is 0 Å². The van der Waals surface area contributed by atoms with Crippen LogP contribution in [0.1, 0.15) is 31.9 Å². The van der Waals surface area contributed by atoms with Crippen LogP contribution in [-0.4, -0.2) is 0 Å². The molecule has 2 rings (SSSR count). The van der Waals surface area contributed by atoms with Crippen LogP contribution in [0.2, 0.25) is 0 Å². The Hall–Kier alpha value is 0.180. The molecular weight excluding hydrogens is 405 g/mol. The van der Waals surface area contributed by atoms with Crippen molar-refractivity contribution in [3.05, 3.63) is 70.8 Å². The summed E-state index contributed by atoms with van der Waals surface area (Å²) in [4.78, 5) is -0.994. The van der Waals surface area contributed by atoms with E-state index in [4.69, 9.17) is 46.4 Å². The topological polar surface area (TPSA) is 0 Å². The number of benzene rings is 2. The highest BCUT2D eigenvalue weighted by Gasteiger charge is 2.05. The third kappa shape index (κ3) is 9.35. The standard InChI is InChI=1S/C8H6Cl4.C8H10.Cl2/c9-7(10)5-1-2-6(4-3-5)8(11)12;1-7-3-5-8(2)6-4-7;1-2/h1-4,7-8H;3-6H,1-2H3;. The van der Waals surface area contributed by atoms with Gasteiger partial charge in [-0.05, 0) is 25.0 Å². The monoisotopic (exact) mass is 418 g/mol. The lowest BCUT2D eigenvalue weighted by Gasteiger charge is -2.04. The summed E-state index contributed by atoms with van der Waals surface area (Å²) in [5.41, 5.74) is 4.35. The molecule has 122 valence electrons. The number of hydrogen-bond donors (Lipinski definition) is 0. The zero-order valence-corrected chi connectivity index (χ0v) is 16.6. The summed E-state index contributed by atoms with van der Waals surface area (Å²) in [6, 6.07) is 15.7. The van der Waals surface area contributed by atoms with E-state index in [2.05, 4.69) is 59.8 Å². The predicted octanol–water partition coefficient (Wildman–Crippen LogP) is 8.32. The van der Waals surface area contributed by atoms with E-state index in [0.29, 0.717) is 0 Å². The number of halogens is 6. The predicted molar refractivity (Wildman–Crippen MR) is 103 cm³/mol. The van der Waals surface area contributed by atoms with E-state index < -0.39 is 9.67 Å². The number of alkyl halides is 4. The summed E-state index contributed by atoms with van der Waals surface area (Å²) >= 11 is 22.5. The van der Waals surface area contributed by atoms with Gasteiger partial charge in [-0.2, -0.15) is 0 Å². The average molecular weight is 421 g/mol. The Balaban J connectivity index is 0.000000382. The Kier molecular flexibility index (Phi) is 12.7. The zero-order valence-electron chi connectivity index (χ0n) is 12.0. The molecule has 0 aromatic heterocycles. The summed E-state index contributed by atoms with van der Waals surface area (Å²) in [6.07, 6.45) is 0. The van der Waals surface area contributed by atoms with Crippen molar-refractivity contribution in [3.63, 3.8) is 0 Å². The van der Waals surface area contributed by atoms with Gasteiger partial charge in [-0.25, -0.2) is 0 Å². The molecule has 0 radical (unpaired) electrons. The second-order valence-corrected chi connectivity index (χ2v) is 6.62. The number of rotatable bonds is 2. The summed E-state index contributed by atoms with van der Waals surface area (Å²) in [6.45, 7) is 4.19. The van der Waals surface area contributed by atoms with Crippen molar-refractivity contribution >= 4 is 68.1 Å². The van der Waals surface area contributed by atoms with Gasteiger partial charge in [0.25, 0.3) is 0 Å². The van der Waals surface area contributed by atoms with Gasteiger partial charge in [0.1, 0.15) is 9.67 Å². The third-order valence-electron chi connectivity index (χ3n) is 2.66. The van der Waals surface area contributed by atoms with Crippen molar-refractivity contribution in [3.8, 4) is 0 Å². The molecular formula is C16H16Cl6. The highest BCUT2D eigenvalue weighted by Crippen LogP contribution is 2.28. The highest BCUT2D eigenvalue weighted by molar-refractivity contribution is 6.85. The molecule has 2 aromatic carbocycles. The Bertz CT molecular complexity index is 457. The van der Waals surface area contributed by atoms with Crippen LogP contribution >= 0.6 is 68.1 Å². The molecule has 0 saturated carbocycles. The fourth-order valence-electron chi connectivity index (χ4n) is 1.42. The van der Waals surface area contributed by atoms with Crippen LogP contribution in [0.5, 0.6) is 0 Å².